The summed E-state index contributed by atoms with van der Waals surface area (Å²) in [6.07, 6.45) is 8.62. The van der Waals surface area contributed by atoms with Gasteiger partial charge in [0.15, 0.2) is 0 Å². The van der Waals surface area contributed by atoms with Gasteiger partial charge in [0.05, 0.1) is 12.2 Å². The Morgan fingerprint density at radius 2 is 0.853 bits per heavy atom. The van der Waals surface area contributed by atoms with Crippen molar-refractivity contribution in [2.45, 2.75) is 96.7 Å². The highest BCUT2D eigenvalue weighted by molar-refractivity contribution is 5.41. The van der Waals surface area contributed by atoms with Crippen LogP contribution in [0.15, 0.2) is 48.5 Å². The number of rotatable bonds is 4. The molecule has 0 atom stereocenters. The van der Waals surface area contributed by atoms with Crippen molar-refractivity contribution in [1.82, 2.24) is 0 Å². The minimum Gasteiger partial charge on any atom is -0.508 e. The van der Waals surface area contributed by atoms with Gasteiger partial charge in [0.2, 0.25) is 0 Å². The van der Waals surface area contributed by atoms with Gasteiger partial charge in [-0.05, 0) is 104 Å². The average molecular weight is 471 g/mol. The van der Waals surface area contributed by atoms with E-state index in [1.165, 1.54) is 25.7 Å². The van der Waals surface area contributed by atoms with E-state index in [4.69, 9.17) is 0 Å². The van der Waals surface area contributed by atoms with Crippen LogP contribution < -0.4 is 0 Å². The lowest BCUT2D eigenvalue weighted by molar-refractivity contribution is 0.00233. The Balaban J connectivity index is 0.000000240. The normalized spacial score (nSPS) is 25.8. The zero-order chi connectivity index (χ0) is 24.9. The number of benzene rings is 2. The summed E-state index contributed by atoms with van der Waals surface area (Å²) in [7, 11) is 0. The van der Waals surface area contributed by atoms with E-state index in [2.05, 4.69) is 27.7 Å². The van der Waals surface area contributed by atoms with Crippen molar-refractivity contribution in [2.24, 2.45) is 17.3 Å². The van der Waals surface area contributed by atoms with Crippen LogP contribution in [0.3, 0.4) is 0 Å². The van der Waals surface area contributed by atoms with Crippen LogP contribution in [0.5, 0.6) is 11.5 Å². The van der Waals surface area contributed by atoms with Crippen molar-refractivity contribution in [1.29, 1.82) is 0 Å². The van der Waals surface area contributed by atoms with Crippen molar-refractivity contribution < 1.29 is 21.9 Å². The number of aliphatic hydroxyl groups is 2. The lowest BCUT2D eigenvalue weighted by Gasteiger charge is -2.46. The van der Waals surface area contributed by atoms with Crippen molar-refractivity contribution in [2.75, 3.05) is 0 Å². The van der Waals surface area contributed by atoms with Gasteiger partial charge in [0.1, 0.15) is 11.5 Å². The van der Waals surface area contributed by atoms with Crippen LogP contribution in [0.2, 0.25) is 0 Å². The van der Waals surface area contributed by atoms with Crippen LogP contribution in [0, 0.1) is 17.3 Å². The highest BCUT2D eigenvalue weighted by Crippen LogP contribution is 2.48. The molecule has 4 nitrogen and oxygen atoms in total. The van der Waals surface area contributed by atoms with Gasteiger partial charge in [-0.3, -0.25) is 0 Å². The van der Waals surface area contributed by atoms with Gasteiger partial charge in [0.25, 0.3) is 0 Å². The first-order chi connectivity index (χ1) is 16.0. The molecule has 4 heteroatoms. The maximum atomic E-state index is 9.60. The van der Waals surface area contributed by atoms with Crippen LogP contribution in [0.4, 0.5) is 0 Å². The monoisotopic (exact) mass is 470 g/mol. The number of hydrogen-bond acceptors (Lipinski definition) is 4. The molecule has 0 radical (unpaired) electrons. The van der Waals surface area contributed by atoms with Gasteiger partial charge >= 0.3 is 0 Å². The van der Waals surface area contributed by atoms with E-state index in [-0.39, 0.29) is 30.5 Å². The summed E-state index contributed by atoms with van der Waals surface area (Å²) < 4.78 is 0. The molecular formula is C30H46O4. The predicted octanol–water partition coefficient (Wildman–Crippen LogP) is 6.78. The molecular weight excluding hydrogens is 424 g/mol. The van der Waals surface area contributed by atoms with Crippen LogP contribution in [-0.4, -0.2) is 32.6 Å². The van der Waals surface area contributed by atoms with Gasteiger partial charge in [0, 0.05) is 6.84 Å². The van der Waals surface area contributed by atoms with Gasteiger partial charge in [-0.25, -0.2) is 0 Å². The third-order valence-electron chi connectivity index (χ3n) is 8.68. The van der Waals surface area contributed by atoms with E-state index in [9.17, 15) is 20.4 Å². The van der Waals surface area contributed by atoms with Crippen molar-refractivity contribution in [3.05, 3.63) is 59.7 Å². The standard InChI is InChI=1S/C15H28O2.C15H16O2.H2/c2*1-15(2,11-3-7-13(16)8-4-11)12-5-9-14(17)10-6-12;/h11-14,16-17H,3-10H2,1-2H3;3-10,16-17H,1-2H3;1H. The Morgan fingerprint density at radius 3 is 1.15 bits per heavy atom. The summed E-state index contributed by atoms with van der Waals surface area (Å²) in [6, 6.07) is 14.4. The molecule has 2 aromatic rings. The molecule has 34 heavy (non-hydrogen) atoms. The molecule has 0 aromatic heterocycles. The van der Waals surface area contributed by atoms with E-state index in [1.807, 2.05) is 24.3 Å². The first kappa shape index (κ1) is 26.6. The highest BCUT2D eigenvalue weighted by atomic mass is 16.3. The second kappa shape index (κ2) is 11.1. The van der Waals surface area contributed by atoms with E-state index in [1.54, 1.807) is 24.3 Å². The molecule has 2 aliphatic carbocycles. The second-order valence-corrected chi connectivity index (χ2v) is 11.6. The smallest absolute Gasteiger partial charge is 0.115 e. The Bertz CT molecular complexity index is 804. The predicted molar refractivity (Wildman–Crippen MR) is 140 cm³/mol. The third kappa shape index (κ3) is 6.55. The number of aliphatic hydroxyl groups excluding tert-OH is 2. The molecule has 2 aliphatic rings. The minimum absolute atomic E-state index is 0. The van der Waals surface area contributed by atoms with Gasteiger partial charge < -0.3 is 20.4 Å². The molecule has 190 valence electrons. The summed E-state index contributed by atoms with van der Waals surface area (Å²) in [5.74, 6) is 2.09. The number of aromatic hydroxyl groups is 2. The highest BCUT2D eigenvalue weighted by Gasteiger charge is 2.40. The van der Waals surface area contributed by atoms with E-state index < -0.39 is 0 Å². The Hall–Kier alpha value is -2.04. The van der Waals surface area contributed by atoms with Gasteiger partial charge in [-0.1, -0.05) is 52.0 Å². The minimum atomic E-state index is -0.151. The molecule has 2 aromatic carbocycles. The zero-order valence-corrected chi connectivity index (χ0v) is 21.4. The van der Waals surface area contributed by atoms with Crippen LogP contribution in [0.1, 0.15) is 91.6 Å². The summed E-state index contributed by atoms with van der Waals surface area (Å²) in [5.41, 5.74) is 2.49. The van der Waals surface area contributed by atoms with Crippen molar-refractivity contribution in [3.8, 4) is 11.5 Å². The van der Waals surface area contributed by atoms with E-state index >= 15 is 0 Å². The number of hydrogen-bond donors (Lipinski definition) is 4. The van der Waals surface area contributed by atoms with Crippen molar-refractivity contribution >= 4 is 0 Å². The second-order valence-electron chi connectivity index (χ2n) is 11.6. The largest absolute Gasteiger partial charge is 0.508 e. The Labute approximate surface area is 207 Å². The summed E-state index contributed by atoms with van der Waals surface area (Å²) in [5, 5.41) is 37.8. The molecule has 0 saturated heterocycles. The first-order valence-electron chi connectivity index (χ1n) is 12.9. The molecule has 4 rings (SSSR count). The summed E-state index contributed by atoms with van der Waals surface area (Å²) in [4.78, 5) is 0. The molecule has 4 N–H and O–H groups in total. The Morgan fingerprint density at radius 1 is 0.559 bits per heavy atom. The topological polar surface area (TPSA) is 80.9 Å². The number of phenolic OH excluding ortho intramolecular Hbond substituents is 2. The first-order valence-corrected chi connectivity index (χ1v) is 12.9. The molecule has 0 amide bonds. The fourth-order valence-electron chi connectivity index (χ4n) is 5.90. The third-order valence-corrected chi connectivity index (χ3v) is 8.68. The fourth-order valence-corrected chi connectivity index (χ4v) is 5.90. The van der Waals surface area contributed by atoms with Crippen molar-refractivity contribution in [3.63, 3.8) is 0 Å². The Kier molecular flexibility index (Phi) is 8.70. The maximum absolute atomic E-state index is 9.60. The van der Waals surface area contributed by atoms with Crippen LogP contribution >= 0.6 is 0 Å². The SMILES string of the molecule is CC(C)(C1CCC(O)CC1)C1CCC(O)CC1.CC(C)(c1ccc(O)cc1)c1ccc(O)cc1.[HH]. The van der Waals surface area contributed by atoms with Crippen LogP contribution in [-0.2, 0) is 5.41 Å². The molecule has 0 bridgehead atoms. The zero-order valence-electron chi connectivity index (χ0n) is 21.4. The summed E-state index contributed by atoms with van der Waals surface area (Å²) in [6.45, 7) is 9.06. The summed E-state index contributed by atoms with van der Waals surface area (Å²) >= 11 is 0. The maximum Gasteiger partial charge on any atom is 0.115 e. The number of phenols is 2. The van der Waals surface area contributed by atoms with Gasteiger partial charge in [-0.15, -0.1) is 0 Å². The quantitative estimate of drug-likeness (QED) is 0.397. The molecule has 0 unspecified atom stereocenters. The average Bonchev–Trinajstić information content (AvgIpc) is 2.81. The molecule has 0 spiro atoms. The van der Waals surface area contributed by atoms with Gasteiger partial charge in [-0.2, -0.15) is 0 Å². The van der Waals surface area contributed by atoms with E-state index in [0.717, 1.165) is 48.6 Å². The van der Waals surface area contributed by atoms with Crippen LogP contribution in [0.25, 0.3) is 0 Å². The molecule has 2 fully saturated rings. The van der Waals surface area contributed by atoms with E-state index in [0.29, 0.717) is 5.41 Å². The fraction of sp³-hybridized carbons (Fsp3) is 0.600. The molecule has 2 saturated carbocycles. The lowest BCUT2D eigenvalue weighted by Crippen LogP contribution is -2.38. The molecule has 0 heterocycles. The molecule has 0 aliphatic heterocycles. The lowest BCUT2D eigenvalue weighted by atomic mass is 9.60.